The zero-order valence-corrected chi connectivity index (χ0v) is 7.87. The van der Waals surface area contributed by atoms with E-state index in [2.05, 4.69) is 20.9 Å². The van der Waals surface area contributed by atoms with Crippen LogP contribution in [0.3, 0.4) is 0 Å². The van der Waals surface area contributed by atoms with Gasteiger partial charge in [-0.3, -0.25) is 0 Å². The van der Waals surface area contributed by atoms with Crippen molar-refractivity contribution >= 4 is 27.3 Å². The van der Waals surface area contributed by atoms with Gasteiger partial charge in [-0.05, 0) is 15.9 Å². The molecule has 0 spiro atoms. The molecule has 1 atom stereocenters. The average Bonchev–Trinajstić information content (AvgIpc) is 2.32. The Morgan fingerprint density at radius 1 is 1.58 bits per heavy atom. The molecule has 2 nitrogen and oxygen atoms in total. The molecule has 1 aromatic heterocycles. The van der Waals surface area contributed by atoms with Crippen molar-refractivity contribution in [3.8, 4) is 0 Å². The molecule has 0 amide bonds. The lowest BCUT2D eigenvalue weighted by molar-refractivity contribution is -0.206. The van der Waals surface area contributed by atoms with Crippen molar-refractivity contribution in [1.29, 1.82) is 0 Å². The number of aromatic nitrogens is 1. The van der Waals surface area contributed by atoms with E-state index in [1.807, 2.05) is 0 Å². The summed E-state index contributed by atoms with van der Waals surface area (Å²) >= 11 is 3.70. The summed E-state index contributed by atoms with van der Waals surface area (Å²) in [5.74, 6) is 0. The van der Waals surface area contributed by atoms with Crippen LogP contribution in [0.1, 0.15) is 11.1 Å². The van der Waals surface area contributed by atoms with Gasteiger partial charge in [-0.15, -0.1) is 11.3 Å². The second-order valence-corrected chi connectivity index (χ2v) is 4.39. The van der Waals surface area contributed by atoms with Crippen molar-refractivity contribution in [2.75, 3.05) is 0 Å². The van der Waals surface area contributed by atoms with Gasteiger partial charge in [-0.25, -0.2) is 4.98 Å². The van der Waals surface area contributed by atoms with E-state index in [0.29, 0.717) is 3.79 Å². The molecule has 0 aliphatic rings. The predicted octanol–water partition coefficient (Wildman–Crippen LogP) is 2.50. The maximum Gasteiger partial charge on any atom is 0.420 e. The van der Waals surface area contributed by atoms with Gasteiger partial charge in [0.25, 0.3) is 0 Å². The predicted molar refractivity (Wildman–Crippen MR) is 40.8 cm³/mol. The van der Waals surface area contributed by atoms with Crippen LogP contribution in [0.15, 0.2) is 9.98 Å². The molecule has 1 aromatic rings. The Hall–Kier alpha value is -0.140. The zero-order chi connectivity index (χ0) is 9.35. The van der Waals surface area contributed by atoms with Gasteiger partial charge in [0.05, 0.1) is 9.98 Å². The summed E-state index contributed by atoms with van der Waals surface area (Å²) in [5.41, 5.74) is 0. The number of hydrogen-bond acceptors (Lipinski definition) is 3. The van der Waals surface area contributed by atoms with Crippen LogP contribution >= 0.6 is 27.3 Å². The minimum Gasteiger partial charge on any atom is -0.377 e. The van der Waals surface area contributed by atoms with Crippen LogP contribution < -0.4 is 0 Å². The number of thiazole rings is 1. The van der Waals surface area contributed by atoms with Crippen molar-refractivity contribution in [2.45, 2.75) is 12.3 Å². The van der Waals surface area contributed by atoms with Crippen molar-refractivity contribution in [3.63, 3.8) is 0 Å². The minimum atomic E-state index is -4.64. The molecule has 0 aliphatic carbocycles. The van der Waals surface area contributed by atoms with Crippen LogP contribution in [0.4, 0.5) is 13.2 Å². The van der Waals surface area contributed by atoms with E-state index < -0.39 is 12.3 Å². The largest absolute Gasteiger partial charge is 0.420 e. The first-order valence-electron chi connectivity index (χ1n) is 2.77. The number of alkyl halides is 3. The third-order valence-electron chi connectivity index (χ3n) is 1.04. The van der Waals surface area contributed by atoms with Gasteiger partial charge in [0.1, 0.15) is 5.01 Å². The van der Waals surface area contributed by atoms with E-state index in [9.17, 15) is 13.2 Å². The molecule has 0 fully saturated rings. The summed E-state index contributed by atoms with van der Waals surface area (Å²) in [5, 5.41) is 8.32. The van der Waals surface area contributed by atoms with Crippen LogP contribution in [0.25, 0.3) is 0 Å². The molecule has 0 saturated heterocycles. The fraction of sp³-hybridized carbons (Fsp3) is 0.400. The Morgan fingerprint density at radius 3 is 2.50 bits per heavy atom. The van der Waals surface area contributed by atoms with Crippen molar-refractivity contribution in [1.82, 2.24) is 4.98 Å². The maximum atomic E-state index is 11.8. The third kappa shape index (κ3) is 2.18. The average molecular weight is 262 g/mol. The summed E-state index contributed by atoms with van der Waals surface area (Å²) in [6, 6.07) is 0. The second kappa shape index (κ2) is 3.31. The molecule has 0 aromatic carbocycles. The van der Waals surface area contributed by atoms with E-state index in [0.717, 1.165) is 11.3 Å². The highest BCUT2D eigenvalue weighted by atomic mass is 79.9. The quantitative estimate of drug-likeness (QED) is 0.843. The van der Waals surface area contributed by atoms with Gasteiger partial charge in [-0.2, -0.15) is 13.2 Å². The highest BCUT2D eigenvalue weighted by Crippen LogP contribution is 2.35. The standard InChI is InChI=1S/C5H3BrF3NOS/c6-2-1-10-4(12-2)3(11)5(7,8)9/h1,3,11H/t3-/m0/s1. The van der Waals surface area contributed by atoms with Crippen molar-refractivity contribution in [3.05, 3.63) is 15.0 Å². The van der Waals surface area contributed by atoms with E-state index in [4.69, 9.17) is 5.11 Å². The van der Waals surface area contributed by atoms with Gasteiger partial charge in [-0.1, -0.05) is 0 Å². The zero-order valence-electron chi connectivity index (χ0n) is 5.47. The monoisotopic (exact) mass is 261 g/mol. The number of aliphatic hydroxyl groups excluding tert-OH is 1. The van der Waals surface area contributed by atoms with Crippen LogP contribution in [-0.4, -0.2) is 16.3 Å². The summed E-state index contributed by atoms with van der Waals surface area (Å²) in [7, 11) is 0. The summed E-state index contributed by atoms with van der Waals surface area (Å²) in [4.78, 5) is 3.38. The minimum absolute atomic E-state index is 0.352. The molecule has 0 aliphatic heterocycles. The van der Waals surface area contributed by atoms with Gasteiger partial charge >= 0.3 is 6.18 Å². The molecule has 1 rings (SSSR count). The van der Waals surface area contributed by atoms with Gasteiger partial charge < -0.3 is 5.11 Å². The first-order valence-corrected chi connectivity index (χ1v) is 4.38. The van der Waals surface area contributed by atoms with Crippen molar-refractivity contribution in [2.24, 2.45) is 0 Å². The lowest BCUT2D eigenvalue weighted by Crippen LogP contribution is -2.19. The Morgan fingerprint density at radius 2 is 2.17 bits per heavy atom. The molecule has 1 heterocycles. The van der Waals surface area contributed by atoms with E-state index in [-0.39, 0.29) is 5.01 Å². The highest BCUT2D eigenvalue weighted by Gasteiger charge is 2.41. The number of aliphatic hydroxyl groups is 1. The van der Waals surface area contributed by atoms with E-state index in [1.165, 1.54) is 6.20 Å². The van der Waals surface area contributed by atoms with Gasteiger partial charge in [0.2, 0.25) is 6.10 Å². The molecule has 12 heavy (non-hydrogen) atoms. The summed E-state index contributed by atoms with van der Waals surface area (Å²) in [6.45, 7) is 0. The summed E-state index contributed by atoms with van der Waals surface area (Å²) in [6.07, 6.45) is -5.90. The van der Waals surface area contributed by atoms with Crippen LogP contribution in [0, 0.1) is 0 Å². The Labute approximate surface area is 78.2 Å². The molecule has 0 unspecified atom stereocenters. The lowest BCUT2D eigenvalue weighted by atomic mass is 10.4. The molecular formula is C5H3BrF3NOS. The number of halogens is 4. The Bertz CT molecular complexity index is 274. The van der Waals surface area contributed by atoms with Crippen LogP contribution in [0.5, 0.6) is 0 Å². The molecule has 0 radical (unpaired) electrons. The number of rotatable bonds is 1. The van der Waals surface area contributed by atoms with Crippen molar-refractivity contribution < 1.29 is 18.3 Å². The van der Waals surface area contributed by atoms with Crippen LogP contribution in [0.2, 0.25) is 0 Å². The molecule has 0 saturated carbocycles. The van der Waals surface area contributed by atoms with E-state index >= 15 is 0 Å². The number of nitrogens with zero attached hydrogens (tertiary/aromatic N) is 1. The Kier molecular flexibility index (Phi) is 2.74. The Balaban J connectivity index is 2.85. The molecule has 68 valence electrons. The van der Waals surface area contributed by atoms with Gasteiger partial charge in [0.15, 0.2) is 0 Å². The summed E-state index contributed by atoms with van der Waals surface area (Å²) < 4.78 is 36.0. The molecule has 7 heteroatoms. The topological polar surface area (TPSA) is 33.1 Å². The molecule has 1 N–H and O–H groups in total. The maximum absolute atomic E-state index is 11.8. The molecular weight excluding hydrogens is 259 g/mol. The van der Waals surface area contributed by atoms with E-state index in [1.54, 1.807) is 0 Å². The second-order valence-electron chi connectivity index (χ2n) is 1.95. The third-order valence-corrected chi connectivity index (χ3v) is 2.57. The first kappa shape index (κ1) is 9.94. The fourth-order valence-electron chi connectivity index (χ4n) is 0.533. The SMILES string of the molecule is O[C@@H](c1ncc(Br)s1)C(F)(F)F. The fourth-order valence-corrected chi connectivity index (χ4v) is 1.79. The van der Waals surface area contributed by atoms with Crippen LogP contribution in [-0.2, 0) is 0 Å². The lowest BCUT2D eigenvalue weighted by Gasteiger charge is -2.10. The van der Waals surface area contributed by atoms with Gasteiger partial charge in [0, 0.05) is 0 Å². The normalized spacial score (nSPS) is 14.8. The first-order chi connectivity index (χ1) is 5.41. The number of hydrogen-bond donors (Lipinski definition) is 1. The smallest absolute Gasteiger partial charge is 0.377 e. The molecule has 0 bridgehead atoms. The highest BCUT2D eigenvalue weighted by molar-refractivity contribution is 9.11.